The van der Waals surface area contributed by atoms with Crippen molar-refractivity contribution in [2.24, 2.45) is 11.5 Å². The zero-order valence-electron chi connectivity index (χ0n) is 7.64. The zero-order chi connectivity index (χ0) is 11.4. The Labute approximate surface area is 89.4 Å². The predicted octanol–water partition coefficient (Wildman–Crippen LogP) is -1.26. The molecule has 0 bridgehead atoms. The molecule has 0 radical (unpaired) electrons. The molecular formula is C7H9N5O2S. The highest BCUT2D eigenvalue weighted by Crippen LogP contribution is 2.15. The van der Waals surface area contributed by atoms with Gasteiger partial charge in [0.2, 0.25) is 5.91 Å². The molecule has 2 amide bonds. The van der Waals surface area contributed by atoms with Gasteiger partial charge in [-0.15, -0.1) is 0 Å². The normalized spacial score (nSPS) is 9.87. The van der Waals surface area contributed by atoms with Gasteiger partial charge in [-0.2, -0.15) is 0 Å². The molecular weight excluding hydrogens is 218 g/mol. The second kappa shape index (κ2) is 4.60. The van der Waals surface area contributed by atoms with Crippen LogP contribution in [0.2, 0.25) is 0 Å². The third-order valence-electron chi connectivity index (χ3n) is 1.41. The van der Waals surface area contributed by atoms with Gasteiger partial charge in [-0.3, -0.25) is 9.59 Å². The fourth-order valence-electron chi connectivity index (χ4n) is 0.773. The highest BCUT2D eigenvalue weighted by atomic mass is 32.2. The fraction of sp³-hybridized carbons (Fsp3) is 0.143. The highest BCUT2D eigenvalue weighted by molar-refractivity contribution is 7.99. The maximum atomic E-state index is 10.8. The number of amides is 2. The number of primary amides is 2. The van der Waals surface area contributed by atoms with Crippen molar-refractivity contribution in [3.05, 3.63) is 11.8 Å². The zero-order valence-corrected chi connectivity index (χ0v) is 8.45. The first-order chi connectivity index (χ1) is 7.00. The van der Waals surface area contributed by atoms with Gasteiger partial charge in [0.1, 0.15) is 5.82 Å². The van der Waals surface area contributed by atoms with Crippen LogP contribution in [0.25, 0.3) is 0 Å². The average molecular weight is 227 g/mol. The number of rotatable bonds is 4. The molecule has 7 nitrogen and oxygen atoms in total. The van der Waals surface area contributed by atoms with Gasteiger partial charge >= 0.3 is 0 Å². The molecule has 8 heteroatoms. The van der Waals surface area contributed by atoms with Crippen molar-refractivity contribution in [2.45, 2.75) is 5.16 Å². The molecule has 0 saturated heterocycles. The molecule has 1 aromatic rings. The Morgan fingerprint density at radius 1 is 1.40 bits per heavy atom. The summed E-state index contributed by atoms with van der Waals surface area (Å²) in [4.78, 5) is 28.8. The van der Waals surface area contributed by atoms with E-state index in [1.54, 1.807) is 0 Å². The molecule has 0 aliphatic carbocycles. The number of carbonyl (C=O) groups is 2. The van der Waals surface area contributed by atoms with Crippen LogP contribution < -0.4 is 17.2 Å². The van der Waals surface area contributed by atoms with Gasteiger partial charge in [-0.1, -0.05) is 11.8 Å². The van der Waals surface area contributed by atoms with Crippen LogP contribution in [0.3, 0.4) is 0 Å². The van der Waals surface area contributed by atoms with Crippen LogP contribution in [-0.4, -0.2) is 27.5 Å². The lowest BCUT2D eigenvalue weighted by Gasteiger charge is -2.02. The number of nitrogens with zero attached hydrogens (tertiary/aromatic N) is 2. The second-order valence-corrected chi connectivity index (χ2v) is 3.51. The summed E-state index contributed by atoms with van der Waals surface area (Å²) in [6.45, 7) is 0. The van der Waals surface area contributed by atoms with E-state index >= 15 is 0 Å². The van der Waals surface area contributed by atoms with Gasteiger partial charge in [0.15, 0.2) is 5.16 Å². The molecule has 0 aromatic carbocycles. The lowest BCUT2D eigenvalue weighted by Crippen LogP contribution is -2.16. The Kier molecular flexibility index (Phi) is 3.45. The number of hydrogen-bond acceptors (Lipinski definition) is 6. The lowest BCUT2D eigenvalue weighted by atomic mass is 10.3. The second-order valence-electron chi connectivity index (χ2n) is 2.57. The van der Waals surface area contributed by atoms with Gasteiger partial charge in [-0.25, -0.2) is 9.97 Å². The smallest absolute Gasteiger partial charge is 0.254 e. The molecule has 0 unspecified atom stereocenters. The van der Waals surface area contributed by atoms with Crippen molar-refractivity contribution in [2.75, 3.05) is 11.5 Å². The van der Waals surface area contributed by atoms with Crippen molar-refractivity contribution < 1.29 is 9.59 Å². The number of hydrogen-bond donors (Lipinski definition) is 3. The Morgan fingerprint density at radius 3 is 2.53 bits per heavy atom. The van der Waals surface area contributed by atoms with E-state index in [-0.39, 0.29) is 22.3 Å². The third kappa shape index (κ3) is 3.09. The van der Waals surface area contributed by atoms with Gasteiger partial charge in [0.25, 0.3) is 5.91 Å². The number of nitrogen functional groups attached to an aromatic ring is 1. The summed E-state index contributed by atoms with van der Waals surface area (Å²) in [7, 11) is 0. The average Bonchev–Trinajstić information content (AvgIpc) is 2.14. The summed E-state index contributed by atoms with van der Waals surface area (Å²) in [5.74, 6) is -1.14. The first kappa shape index (κ1) is 11.2. The molecule has 1 rings (SSSR count). The Bertz CT molecular complexity index is 408. The topological polar surface area (TPSA) is 138 Å². The molecule has 80 valence electrons. The van der Waals surface area contributed by atoms with E-state index in [0.717, 1.165) is 11.8 Å². The molecule has 0 spiro atoms. The minimum atomic E-state index is -0.695. The van der Waals surface area contributed by atoms with Crippen LogP contribution in [0.4, 0.5) is 5.82 Å². The van der Waals surface area contributed by atoms with Crippen molar-refractivity contribution in [3.8, 4) is 0 Å². The Morgan fingerprint density at radius 2 is 2.07 bits per heavy atom. The van der Waals surface area contributed by atoms with Crippen molar-refractivity contribution in [1.82, 2.24) is 9.97 Å². The van der Waals surface area contributed by atoms with Crippen LogP contribution in [0.15, 0.2) is 11.4 Å². The minimum absolute atomic E-state index is 0.00975. The fourth-order valence-corrected chi connectivity index (χ4v) is 1.33. The maximum Gasteiger partial charge on any atom is 0.254 e. The third-order valence-corrected chi connectivity index (χ3v) is 2.29. The quantitative estimate of drug-likeness (QED) is 0.433. The SMILES string of the molecule is NC(=O)CSc1ncc(C(N)=O)c(N)n1. The number of thioether (sulfide) groups is 1. The molecule has 0 fully saturated rings. The monoisotopic (exact) mass is 227 g/mol. The summed E-state index contributed by atoms with van der Waals surface area (Å²) in [5, 5.41) is 0.274. The van der Waals surface area contributed by atoms with E-state index in [2.05, 4.69) is 9.97 Å². The van der Waals surface area contributed by atoms with E-state index in [9.17, 15) is 9.59 Å². The number of anilines is 1. The number of nitrogens with two attached hydrogens (primary N) is 3. The lowest BCUT2D eigenvalue weighted by molar-refractivity contribution is -0.115. The summed E-state index contributed by atoms with van der Waals surface area (Å²) in [6.07, 6.45) is 1.22. The predicted molar refractivity (Wildman–Crippen MR) is 54.9 cm³/mol. The van der Waals surface area contributed by atoms with Gasteiger partial charge in [-0.05, 0) is 0 Å². The van der Waals surface area contributed by atoms with Crippen molar-refractivity contribution in [1.29, 1.82) is 0 Å². The summed E-state index contributed by atoms with van der Waals surface area (Å²) in [5.41, 5.74) is 15.4. The summed E-state index contributed by atoms with van der Waals surface area (Å²) < 4.78 is 0. The van der Waals surface area contributed by atoms with Crippen LogP contribution in [0.5, 0.6) is 0 Å². The standard InChI is InChI=1S/C7H9N5O2S/c8-4(13)2-15-7-11-1-3(6(10)14)5(9)12-7/h1H,2H2,(H2,8,13)(H2,10,14)(H2,9,11,12). The molecule has 1 heterocycles. The molecule has 1 aromatic heterocycles. The van der Waals surface area contributed by atoms with Crippen molar-refractivity contribution >= 4 is 29.4 Å². The van der Waals surface area contributed by atoms with E-state index in [0.29, 0.717) is 0 Å². The Balaban J connectivity index is 2.82. The van der Waals surface area contributed by atoms with Gasteiger partial charge in [0.05, 0.1) is 11.3 Å². The van der Waals surface area contributed by atoms with Gasteiger partial charge < -0.3 is 17.2 Å². The Hall–Kier alpha value is -1.83. The van der Waals surface area contributed by atoms with Crippen LogP contribution in [0.1, 0.15) is 10.4 Å². The molecule has 6 N–H and O–H groups in total. The molecule has 0 aliphatic heterocycles. The molecule has 0 aliphatic rings. The van der Waals surface area contributed by atoms with E-state index in [1.165, 1.54) is 6.20 Å². The summed E-state index contributed by atoms with van der Waals surface area (Å²) in [6, 6.07) is 0. The maximum absolute atomic E-state index is 10.8. The van der Waals surface area contributed by atoms with E-state index in [4.69, 9.17) is 17.2 Å². The molecule has 0 saturated carbocycles. The van der Waals surface area contributed by atoms with Crippen LogP contribution in [0, 0.1) is 0 Å². The molecule has 15 heavy (non-hydrogen) atoms. The summed E-state index contributed by atoms with van der Waals surface area (Å²) >= 11 is 1.03. The van der Waals surface area contributed by atoms with Gasteiger partial charge in [0, 0.05) is 6.20 Å². The van der Waals surface area contributed by atoms with E-state index < -0.39 is 11.8 Å². The first-order valence-electron chi connectivity index (χ1n) is 3.84. The van der Waals surface area contributed by atoms with E-state index in [1.807, 2.05) is 0 Å². The van der Waals surface area contributed by atoms with Crippen LogP contribution in [-0.2, 0) is 4.79 Å². The number of aromatic nitrogens is 2. The minimum Gasteiger partial charge on any atom is -0.383 e. The molecule has 0 atom stereocenters. The number of carbonyl (C=O) groups excluding carboxylic acids is 2. The first-order valence-corrected chi connectivity index (χ1v) is 4.82. The highest BCUT2D eigenvalue weighted by Gasteiger charge is 2.09. The van der Waals surface area contributed by atoms with Crippen molar-refractivity contribution in [3.63, 3.8) is 0 Å². The largest absolute Gasteiger partial charge is 0.383 e. The van der Waals surface area contributed by atoms with Crippen LogP contribution >= 0.6 is 11.8 Å².